The number of nitrogens with zero attached hydrogens (tertiary/aromatic N) is 1. The van der Waals surface area contributed by atoms with Gasteiger partial charge in [-0.15, -0.1) is 0 Å². The molecule has 1 rings (SSSR count). The lowest BCUT2D eigenvalue weighted by Gasteiger charge is -2.12. The molecule has 0 bridgehead atoms. The molecule has 66 valence electrons. The van der Waals surface area contributed by atoms with Crippen molar-refractivity contribution < 1.29 is 0 Å². The van der Waals surface area contributed by atoms with Gasteiger partial charge in [0.25, 0.3) is 0 Å². The summed E-state index contributed by atoms with van der Waals surface area (Å²) in [7, 11) is 0. The van der Waals surface area contributed by atoms with Crippen LogP contribution in [0.5, 0.6) is 0 Å². The van der Waals surface area contributed by atoms with E-state index in [0.29, 0.717) is 6.04 Å². The van der Waals surface area contributed by atoms with Gasteiger partial charge in [-0.1, -0.05) is 6.07 Å². The van der Waals surface area contributed by atoms with E-state index in [2.05, 4.69) is 35.9 Å². The molecule has 0 aromatic carbocycles. The summed E-state index contributed by atoms with van der Waals surface area (Å²) in [5.41, 5.74) is 1.22. The fourth-order valence-corrected chi connectivity index (χ4v) is 1.16. The predicted octanol–water partition coefficient (Wildman–Crippen LogP) is 1.66. The Morgan fingerprint density at radius 1 is 1.67 bits per heavy atom. The molecule has 0 saturated carbocycles. The Morgan fingerprint density at radius 3 is 3.08 bits per heavy atom. The van der Waals surface area contributed by atoms with Crippen molar-refractivity contribution >= 4 is 12.6 Å². The molecule has 0 radical (unpaired) electrons. The van der Waals surface area contributed by atoms with Gasteiger partial charge in [-0.05, 0) is 18.6 Å². The summed E-state index contributed by atoms with van der Waals surface area (Å²) >= 11 is 4.13. The minimum atomic E-state index is 0.367. The Kier molecular flexibility index (Phi) is 4.11. The van der Waals surface area contributed by atoms with Crippen molar-refractivity contribution in [2.24, 2.45) is 0 Å². The molecule has 3 heteroatoms. The molecule has 0 aliphatic rings. The van der Waals surface area contributed by atoms with E-state index in [1.807, 2.05) is 12.3 Å². The molecule has 1 aromatic rings. The summed E-state index contributed by atoms with van der Waals surface area (Å²) in [6, 6.07) is 4.39. The molecule has 1 N–H and O–H groups in total. The molecule has 0 saturated heterocycles. The molecule has 0 amide bonds. The second-order valence-corrected chi connectivity index (χ2v) is 3.13. The fourth-order valence-electron chi connectivity index (χ4n) is 1.03. The highest BCUT2D eigenvalue weighted by Gasteiger charge is 2.01. The molecule has 2 nitrogen and oxygen atoms in total. The molecule has 1 aromatic heterocycles. The predicted molar refractivity (Wildman–Crippen MR) is 54.5 cm³/mol. The average molecular weight is 182 g/mol. The van der Waals surface area contributed by atoms with Crippen LogP contribution in [0.15, 0.2) is 24.5 Å². The molecule has 0 aliphatic carbocycles. The van der Waals surface area contributed by atoms with Gasteiger partial charge in [-0.2, -0.15) is 12.6 Å². The van der Waals surface area contributed by atoms with E-state index in [0.717, 1.165) is 12.3 Å². The van der Waals surface area contributed by atoms with Crippen molar-refractivity contribution in [1.82, 2.24) is 10.3 Å². The van der Waals surface area contributed by atoms with E-state index >= 15 is 0 Å². The Morgan fingerprint density at radius 2 is 2.50 bits per heavy atom. The monoisotopic (exact) mass is 182 g/mol. The van der Waals surface area contributed by atoms with Crippen LogP contribution in [0.2, 0.25) is 0 Å². The van der Waals surface area contributed by atoms with Gasteiger partial charge in [0, 0.05) is 30.7 Å². The van der Waals surface area contributed by atoms with E-state index in [-0.39, 0.29) is 0 Å². The standard InChI is InChI=1S/C9H14N2S/c1-8(11-5-6-12)9-3-2-4-10-7-9/h2-4,7-8,11-12H,5-6H2,1H3. The van der Waals surface area contributed by atoms with Crippen molar-refractivity contribution in [3.8, 4) is 0 Å². The molecule has 0 spiro atoms. The minimum Gasteiger partial charge on any atom is -0.309 e. The Balaban J connectivity index is 2.48. The third kappa shape index (κ3) is 2.83. The van der Waals surface area contributed by atoms with Crippen LogP contribution in [0.1, 0.15) is 18.5 Å². The first kappa shape index (κ1) is 9.55. The highest BCUT2D eigenvalue weighted by molar-refractivity contribution is 7.80. The van der Waals surface area contributed by atoms with E-state index in [1.54, 1.807) is 6.20 Å². The maximum Gasteiger partial charge on any atom is 0.0315 e. The quantitative estimate of drug-likeness (QED) is 0.692. The number of pyridine rings is 1. The number of hydrogen-bond donors (Lipinski definition) is 2. The first-order chi connectivity index (χ1) is 5.84. The first-order valence-electron chi connectivity index (χ1n) is 4.08. The number of rotatable bonds is 4. The lowest BCUT2D eigenvalue weighted by Crippen LogP contribution is -2.20. The van der Waals surface area contributed by atoms with Gasteiger partial charge >= 0.3 is 0 Å². The summed E-state index contributed by atoms with van der Waals surface area (Å²) in [5, 5.41) is 3.33. The van der Waals surface area contributed by atoms with Gasteiger partial charge in [0.05, 0.1) is 0 Å². The van der Waals surface area contributed by atoms with Crippen LogP contribution in [-0.4, -0.2) is 17.3 Å². The maximum absolute atomic E-state index is 4.13. The second-order valence-electron chi connectivity index (χ2n) is 2.69. The van der Waals surface area contributed by atoms with Crippen LogP contribution in [0.25, 0.3) is 0 Å². The number of hydrogen-bond acceptors (Lipinski definition) is 3. The SMILES string of the molecule is CC(NCCS)c1cccnc1. The van der Waals surface area contributed by atoms with Crippen molar-refractivity contribution in [1.29, 1.82) is 0 Å². The molecule has 1 heterocycles. The van der Waals surface area contributed by atoms with E-state index in [1.165, 1.54) is 5.56 Å². The van der Waals surface area contributed by atoms with Gasteiger partial charge in [0.1, 0.15) is 0 Å². The lowest BCUT2D eigenvalue weighted by molar-refractivity contribution is 0.600. The third-order valence-corrected chi connectivity index (χ3v) is 1.97. The summed E-state index contributed by atoms with van der Waals surface area (Å²) in [6.07, 6.45) is 3.67. The molecule has 12 heavy (non-hydrogen) atoms. The smallest absolute Gasteiger partial charge is 0.0315 e. The van der Waals surface area contributed by atoms with Crippen molar-refractivity contribution in [3.05, 3.63) is 30.1 Å². The molecule has 1 atom stereocenters. The zero-order valence-corrected chi connectivity index (χ0v) is 8.09. The van der Waals surface area contributed by atoms with Gasteiger partial charge in [0.2, 0.25) is 0 Å². The maximum atomic E-state index is 4.13. The van der Waals surface area contributed by atoms with E-state index in [9.17, 15) is 0 Å². The summed E-state index contributed by atoms with van der Waals surface area (Å²) in [4.78, 5) is 4.05. The van der Waals surface area contributed by atoms with Crippen LogP contribution in [0.3, 0.4) is 0 Å². The Hall–Kier alpha value is -0.540. The largest absolute Gasteiger partial charge is 0.309 e. The number of thiol groups is 1. The van der Waals surface area contributed by atoms with Gasteiger partial charge in [0.15, 0.2) is 0 Å². The molecular weight excluding hydrogens is 168 g/mol. The second kappa shape index (κ2) is 5.17. The van der Waals surface area contributed by atoms with Gasteiger partial charge < -0.3 is 5.32 Å². The Labute approximate surface area is 78.8 Å². The van der Waals surface area contributed by atoms with Crippen LogP contribution in [0.4, 0.5) is 0 Å². The zero-order chi connectivity index (χ0) is 8.81. The summed E-state index contributed by atoms with van der Waals surface area (Å²) < 4.78 is 0. The van der Waals surface area contributed by atoms with Gasteiger partial charge in [-0.3, -0.25) is 4.98 Å². The van der Waals surface area contributed by atoms with Crippen molar-refractivity contribution in [2.75, 3.05) is 12.3 Å². The van der Waals surface area contributed by atoms with Gasteiger partial charge in [-0.25, -0.2) is 0 Å². The topological polar surface area (TPSA) is 24.9 Å². The molecule has 1 unspecified atom stereocenters. The summed E-state index contributed by atoms with van der Waals surface area (Å²) in [5.74, 6) is 0.866. The third-order valence-electron chi connectivity index (χ3n) is 1.75. The van der Waals surface area contributed by atoms with Crippen LogP contribution in [-0.2, 0) is 0 Å². The molecule has 0 fully saturated rings. The van der Waals surface area contributed by atoms with Crippen LogP contribution in [0, 0.1) is 0 Å². The van der Waals surface area contributed by atoms with E-state index < -0.39 is 0 Å². The van der Waals surface area contributed by atoms with E-state index in [4.69, 9.17) is 0 Å². The van der Waals surface area contributed by atoms with Crippen molar-refractivity contribution in [2.45, 2.75) is 13.0 Å². The summed E-state index contributed by atoms with van der Waals surface area (Å²) in [6.45, 7) is 3.06. The van der Waals surface area contributed by atoms with Crippen molar-refractivity contribution in [3.63, 3.8) is 0 Å². The zero-order valence-electron chi connectivity index (χ0n) is 7.20. The molecular formula is C9H14N2S. The molecule has 0 aliphatic heterocycles. The van der Waals surface area contributed by atoms with Crippen LogP contribution >= 0.6 is 12.6 Å². The highest BCUT2D eigenvalue weighted by Crippen LogP contribution is 2.08. The average Bonchev–Trinajstić information content (AvgIpc) is 2.15. The minimum absolute atomic E-state index is 0.367. The normalized spacial score (nSPS) is 12.8. The lowest BCUT2D eigenvalue weighted by atomic mass is 10.1. The Bertz CT molecular complexity index is 213. The number of aromatic nitrogens is 1. The van der Waals surface area contributed by atoms with Crippen LogP contribution < -0.4 is 5.32 Å². The first-order valence-corrected chi connectivity index (χ1v) is 4.72. The highest BCUT2D eigenvalue weighted by atomic mass is 32.1. The fraction of sp³-hybridized carbons (Fsp3) is 0.444. The number of nitrogens with one attached hydrogen (secondary N) is 1.